The van der Waals surface area contributed by atoms with Gasteiger partial charge in [0.15, 0.2) is 0 Å². The minimum absolute atomic E-state index is 0.122. The summed E-state index contributed by atoms with van der Waals surface area (Å²) >= 11 is 0. The fraction of sp³-hybridized carbons (Fsp3) is 0.818. The van der Waals surface area contributed by atoms with Gasteiger partial charge < -0.3 is 10.8 Å². The Morgan fingerprint density at radius 3 is 2.76 bits per heavy atom. The van der Waals surface area contributed by atoms with Gasteiger partial charge in [0.1, 0.15) is 0 Å². The zero-order valence-electron chi connectivity index (χ0n) is 10.0. The number of carbonyl (C=O) groups excluding carboxylic acids is 2. The number of aliphatic hydroxyl groups is 1. The molecule has 0 aromatic rings. The van der Waals surface area contributed by atoms with Gasteiger partial charge in [-0.25, -0.2) is 4.79 Å². The maximum atomic E-state index is 11.3. The van der Waals surface area contributed by atoms with E-state index in [4.69, 9.17) is 5.73 Å². The van der Waals surface area contributed by atoms with Crippen molar-refractivity contribution >= 4 is 11.9 Å². The second-order valence-electron chi connectivity index (χ2n) is 4.38. The molecule has 0 saturated carbocycles. The number of imide groups is 1. The van der Waals surface area contributed by atoms with Gasteiger partial charge in [-0.2, -0.15) is 0 Å². The molecule has 1 heterocycles. The van der Waals surface area contributed by atoms with Crippen molar-refractivity contribution < 1.29 is 14.7 Å². The molecule has 1 unspecified atom stereocenters. The molecular formula is C11H21N3O3. The van der Waals surface area contributed by atoms with Crippen LogP contribution in [0.1, 0.15) is 32.1 Å². The average Bonchev–Trinajstić information content (AvgIpc) is 2.49. The van der Waals surface area contributed by atoms with E-state index in [9.17, 15) is 14.7 Å². The van der Waals surface area contributed by atoms with Crippen molar-refractivity contribution in [1.29, 1.82) is 0 Å². The SMILES string of the molecule is NC(=O)NC(=O)CCN1CCCCCC1CO. The number of primary amides is 1. The third-order valence-electron chi connectivity index (χ3n) is 3.10. The number of hydrogen-bond acceptors (Lipinski definition) is 4. The van der Waals surface area contributed by atoms with E-state index in [1.54, 1.807) is 0 Å². The van der Waals surface area contributed by atoms with Crippen molar-refractivity contribution in [3.63, 3.8) is 0 Å². The lowest BCUT2D eigenvalue weighted by Crippen LogP contribution is -2.41. The van der Waals surface area contributed by atoms with Crippen LogP contribution in [0.2, 0.25) is 0 Å². The van der Waals surface area contributed by atoms with Gasteiger partial charge in [0, 0.05) is 19.0 Å². The molecular weight excluding hydrogens is 222 g/mol. The van der Waals surface area contributed by atoms with Crippen molar-refractivity contribution in [1.82, 2.24) is 10.2 Å². The van der Waals surface area contributed by atoms with Gasteiger partial charge in [-0.1, -0.05) is 12.8 Å². The minimum atomic E-state index is -0.815. The zero-order chi connectivity index (χ0) is 12.7. The molecule has 4 N–H and O–H groups in total. The normalized spacial score (nSPS) is 21.8. The lowest BCUT2D eigenvalue weighted by molar-refractivity contribution is -0.120. The van der Waals surface area contributed by atoms with Gasteiger partial charge in [-0.15, -0.1) is 0 Å². The summed E-state index contributed by atoms with van der Waals surface area (Å²) in [4.78, 5) is 23.9. The van der Waals surface area contributed by atoms with Crippen molar-refractivity contribution in [2.24, 2.45) is 5.73 Å². The smallest absolute Gasteiger partial charge is 0.318 e. The molecule has 1 saturated heterocycles. The Balaban J connectivity index is 2.36. The van der Waals surface area contributed by atoms with E-state index < -0.39 is 6.03 Å². The fourth-order valence-electron chi connectivity index (χ4n) is 2.18. The van der Waals surface area contributed by atoms with Gasteiger partial charge in [0.05, 0.1) is 6.61 Å². The summed E-state index contributed by atoms with van der Waals surface area (Å²) in [6.45, 7) is 1.58. The van der Waals surface area contributed by atoms with Gasteiger partial charge in [0.2, 0.25) is 5.91 Å². The first kappa shape index (κ1) is 13.9. The highest BCUT2D eigenvalue weighted by atomic mass is 16.3. The van der Waals surface area contributed by atoms with Crippen LogP contribution in [0.4, 0.5) is 4.79 Å². The Labute approximate surface area is 101 Å². The van der Waals surface area contributed by atoms with Crippen LogP contribution in [0.3, 0.4) is 0 Å². The van der Waals surface area contributed by atoms with E-state index in [0.29, 0.717) is 6.54 Å². The maximum Gasteiger partial charge on any atom is 0.318 e. The molecule has 3 amide bonds. The predicted octanol–water partition coefficient (Wildman–Crippen LogP) is -0.192. The number of amides is 3. The highest BCUT2D eigenvalue weighted by Crippen LogP contribution is 2.16. The Morgan fingerprint density at radius 2 is 2.12 bits per heavy atom. The molecule has 17 heavy (non-hydrogen) atoms. The first-order chi connectivity index (χ1) is 8.13. The summed E-state index contributed by atoms with van der Waals surface area (Å²) in [6, 6.07) is -0.677. The highest BCUT2D eigenvalue weighted by Gasteiger charge is 2.20. The quantitative estimate of drug-likeness (QED) is 0.637. The molecule has 0 spiro atoms. The van der Waals surface area contributed by atoms with E-state index in [0.717, 1.165) is 25.8 Å². The monoisotopic (exact) mass is 243 g/mol. The van der Waals surface area contributed by atoms with E-state index in [1.165, 1.54) is 6.42 Å². The molecule has 0 bridgehead atoms. The third kappa shape index (κ3) is 5.14. The number of nitrogens with two attached hydrogens (primary N) is 1. The second-order valence-corrected chi connectivity index (χ2v) is 4.38. The number of likely N-dealkylation sites (tertiary alicyclic amines) is 1. The van der Waals surface area contributed by atoms with Crippen LogP contribution < -0.4 is 11.1 Å². The molecule has 6 heteroatoms. The number of rotatable bonds is 4. The highest BCUT2D eigenvalue weighted by molar-refractivity contribution is 5.93. The molecule has 1 aliphatic rings. The summed E-state index contributed by atoms with van der Waals surface area (Å²) in [5.41, 5.74) is 4.86. The van der Waals surface area contributed by atoms with Crippen molar-refractivity contribution in [2.45, 2.75) is 38.1 Å². The lowest BCUT2D eigenvalue weighted by atomic mass is 10.1. The predicted molar refractivity (Wildman–Crippen MR) is 63.3 cm³/mol. The standard InChI is InChI=1S/C11H21N3O3/c12-11(17)13-10(16)5-7-14-6-3-1-2-4-9(14)8-15/h9,15H,1-8H2,(H3,12,13,16,17). The molecule has 0 aromatic heterocycles. The fourth-order valence-corrected chi connectivity index (χ4v) is 2.18. The van der Waals surface area contributed by atoms with E-state index in [1.807, 2.05) is 5.32 Å². The number of nitrogens with zero attached hydrogens (tertiary/aromatic N) is 1. The zero-order valence-corrected chi connectivity index (χ0v) is 10.0. The van der Waals surface area contributed by atoms with Crippen LogP contribution in [-0.2, 0) is 4.79 Å². The second kappa shape index (κ2) is 7.24. The summed E-state index contributed by atoms with van der Waals surface area (Å²) in [5.74, 6) is -0.363. The molecule has 1 atom stereocenters. The maximum absolute atomic E-state index is 11.3. The molecule has 1 rings (SSSR count). The van der Waals surface area contributed by atoms with Crippen LogP contribution >= 0.6 is 0 Å². The first-order valence-corrected chi connectivity index (χ1v) is 6.07. The molecule has 0 radical (unpaired) electrons. The number of aliphatic hydroxyl groups excluding tert-OH is 1. The van der Waals surface area contributed by atoms with Crippen molar-refractivity contribution in [3.8, 4) is 0 Å². The summed E-state index contributed by atoms with van der Waals surface area (Å²) in [5, 5.41) is 11.3. The molecule has 98 valence electrons. The third-order valence-corrected chi connectivity index (χ3v) is 3.10. The van der Waals surface area contributed by atoms with Crippen LogP contribution in [0.5, 0.6) is 0 Å². The Morgan fingerprint density at radius 1 is 1.35 bits per heavy atom. The summed E-state index contributed by atoms with van der Waals surface area (Å²) < 4.78 is 0. The number of urea groups is 1. The largest absolute Gasteiger partial charge is 0.395 e. The number of carbonyl (C=O) groups is 2. The topological polar surface area (TPSA) is 95.7 Å². The molecule has 1 aliphatic heterocycles. The Bertz CT molecular complexity index is 271. The van der Waals surface area contributed by atoms with Crippen LogP contribution in [0.15, 0.2) is 0 Å². The van der Waals surface area contributed by atoms with Gasteiger partial charge >= 0.3 is 6.03 Å². The molecule has 1 fully saturated rings. The lowest BCUT2D eigenvalue weighted by Gasteiger charge is -2.27. The van der Waals surface area contributed by atoms with Crippen LogP contribution in [0, 0.1) is 0 Å². The number of nitrogens with one attached hydrogen (secondary N) is 1. The number of hydrogen-bond donors (Lipinski definition) is 3. The van der Waals surface area contributed by atoms with Crippen molar-refractivity contribution in [2.75, 3.05) is 19.7 Å². The Kier molecular flexibility index (Phi) is 5.93. The van der Waals surface area contributed by atoms with Crippen LogP contribution in [0.25, 0.3) is 0 Å². The summed E-state index contributed by atoms with van der Waals surface area (Å²) in [7, 11) is 0. The Hall–Kier alpha value is -1.14. The summed E-state index contributed by atoms with van der Waals surface area (Å²) in [6.07, 6.45) is 4.58. The van der Waals surface area contributed by atoms with Crippen LogP contribution in [-0.4, -0.2) is 47.7 Å². The van der Waals surface area contributed by atoms with E-state index in [-0.39, 0.29) is 25.0 Å². The van der Waals surface area contributed by atoms with Gasteiger partial charge in [-0.3, -0.25) is 15.0 Å². The van der Waals surface area contributed by atoms with Gasteiger partial charge in [-0.05, 0) is 19.4 Å². The minimum Gasteiger partial charge on any atom is -0.395 e. The molecule has 6 nitrogen and oxygen atoms in total. The van der Waals surface area contributed by atoms with E-state index in [2.05, 4.69) is 4.90 Å². The molecule has 0 aromatic carbocycles. The van der Waals surface area contributed by atoms with Crippen molar-refractivity contribution in [3.05, 3.63) is 0 Å². The first-order valence-electron chi connectivity index (χ1n) is 6.07. The molecule has 0 aliphatic carbocycles. The average molecular weight is 243 g/mol. The van der Waals surface area contributed by atoms with Gasteiger partial charge in [0.25, 0.3) is 0 Å². The van der Waals surface area contributed by atoms with E-state index >= 15 is 0 Å².